The zero-order valence-corrected chi connectivity index (χ0v) is 12.8. The molecule has 0 aliphatic rings. The van der Waals surface area contributed by atoms with E-state index in [0.717, 1.165) is 35.5 Å². The van der Waals surface area contributed by atoms with Crippen molar-refractivity contribution in [3.8, 4) is 5.75 Å². The van der Waals surface area contributed by atoms with Crippen LogP contribution in [-0.2, 0) is 13.5 Å². The predicted octanol–water partition coefficient (Wildman–Crippen LogP) is 1.60. The molecule has 1 aromatic heterocycles. The van der Waals surface area contributed by atoms with Gasteiger partial charge in [-0.25, -0.2) is 0 Å². The van der Waals surface area contributed by atoms with Gasteiger partial charge in [0.1, 0.15) is 5.75 Å². The van der Waals surface area contributed by atoms with Crippen molar-refractivity contribution < 1.29 is 9.84 Å². The largest absolute Gasteiger partial charge is 0.496 e. The molecule has 2 rings (SSSR count). The van der Waals surface area contributed by atoms with E-state index in [1.165, 1.54) is 0 Å². The highest BCUT2D eigenvalue weighted by atomic mass is 16.5. The van der Waals surface area contributed by atoms with E-state index in [2.05, 4.69) is 10.4 Å². The maximum Gasteiger partial charge on any atom is 0.124 e. The summed E-state index contributed by atoms with van der Waals surface area (Å²) in [6, 6.07) is 7.83. The van der Waals surface area contributed by atoms with Crippen molar-refractivity contribution in [1.29, 1.82) is 0 Å². The summed E-state index contributed by atoms with van der Waals surface area (Å²) in [5.41, 5.74) is 2.98. The Morgan fingerprint density at radius 2 is 2.19 bits per heavy atom. The van der Waals surface area contributed by atoms with Crippen LogP contribution < -0.4 is 10.1 Å². The van der Waals surface area contributed by atoms with E-state index < -0.39 is 6.10 Å². The standard InChI is InChI=1S/C16H23N3O2/c1-12-4-5-16(21-3)14(10-12)15(20)11-17-8-6-13-7-9-19(2)18-13/h4-5,7,9-10,15,17,20H,6,8,11H2,1-3H3. The lowest BCUT2D eigenvalue weighted by Crippen LogP contribution is -2.24. The molecule has 114 valence electrons. The molecule has 1 unspecified atom stereocenters. The van der Waals surface area contributed by atoms with Crippen molar-refractivity contribution in [3.63, 3.8) is 0 Å². The lowest BCUT2D eigenvalue weighted by atomic mass is 10.1. The van der Waals surface area contributed by atoms with Crippen molar-refractivity contribution in [2.75, 3.05) is 20.2 Å². The molecule has 0 aliphatic carbocycles. The number of hydrogen-bond acceptors (Lipinski definition) is 4. The Morgan fingerprint density at radius 1 is 1.38 bits per heavy atom. The monoisotopic (exact) mass is 289 g/mol. The van der Waals surface area contributed by atoms with E-state index in [1.807, 2.05) is 44.4 Å². The van der Waals surface area contributed by atoms with E-state index in [-0.39, 0.29) is 0 Å². The van der Waals surface area contributed by atoms with E-state index in [1.54, 1.807) is 11.8 Å². The van der Waals surface area contributed by atoms with E-state index in [9.17, 15) is 5.11 Å². The molecule has 1 atom stereocenters. The third kappa shape index (κ3) is 4.31. The number of rotatable bonds is 7. The summed E-state index contributed by atoms with van der Waals surface area (Å²) >= 11 is 0. The van der Waals surface area contributed by atoms with E-state index >= 15 is 0 Å². The molecule has 0 fully saturated rings. The van der Waals surface area contributed by atoms with Gasteiger partial charge in [0.25, 0.3) is 0 Å². The van der Waals surface area contributed by atoms with Crippen molar-refractivity contribution in [2.45, 2.75) is 19.4 Å². The van der Waals surface area contributed by atoms with Crippen LogP contribution in [0.5, 0.6) is 5.75 Å². The third-order valence-electron chi connectivity index (χ3n) is 3.41. The lowest BCUT2D eigenvalue weighted by molar-refractivity contribution is 0.171. The van der Waals surface area contributed by atoms with Gasteiger partial charge in [0, 0.05) is 38.3 Å². The Labute approximate surface area is 125 Å². The van der Waals surface area contributed by atoms with Gasteiger partial charge in [-0.05, 0) is 25.1 Å². The number of aryl methyl sites for hydroxylation is 2. The van der Waals surface area contributed by atoms with Gasteiger partial charge in [0.2, 0.25) is 0 Å². The molecule has 0 radical (unpaired) electrons. The first kappa shape index (κ1) is 15.5. The van der Waals surface area contributed by atoms with Crippen molar-refractivity contribution in [3.05, 3.63) is 47.3 Å². The fourth-order valence-electron chi connectivity index (χ4n) is 2.28. The Balaban J connectivity index is 1.84. The van der Waals surface area contributed by atoms with Gasteiger partial charge >= 0.3 is 0 Å². The van der Waals surface area contributed by atoms with Gasteiger partial charge in [-0.15, -0.1) is 0 Å². The summed E-state index contributed by atoms with van der Waals surface area (Å²) < 4.78 is 7.09. The Hall–Kier alpha value is -1.85. The van der Waals surface area contributed by atoms with Crippen LogP contribution in [0.25, 0.3) is 0 Å². The molecule has 21 heavy (non-hydrogen) atoms. The molecule has 0 saturated heterocycles. The minimum absolute atomic E-state index is 0.493. The highest BCUT2D eigenvalue weighted by Gasteiger charge is 2.13. The number of nitrogens with one attached hydrogen (secondary N) is 1. The predicted molar refractivity (Wildman–Crippen MR) is 82.5 cm³/mol. The average molecular weight is 289 g/mol. The Bertz CT molecular complexity index is 581. The molecule has 1 heterocycles. The fourth-order valence-corrected chi connectivity index (χ4v) is 2.28. The van der Waals surface area contributed by atoms with Gasteiger partial charge in [-0.1, -0.05) is 11.6 Å². The Morgan fingerprint density at radius 3 is 2.86 bits per heavy atom. The van der Waals surface area contributed by atoms with Crippen LogP contribution in [0.4, 0.5) is 0 Å². The number of hydrogen-bond donors (Lipinski definition) is 2. The van der Waals surface area contributed by atoms with Crippen LogP contribution in [0.2, 0.25) is 0 Å². The van der Waals surface area contributed by atoms with Crippen LogP contribution in [-0.4, -0.2) is 35.1 Å². The highest BCUT2D eigenvalue weighted by molar-refractivity contribution is 5.38. The number of aliphatic hydroxyl groups excluding tert-OH is 1. The number of methoxy groups -OCH3 is 1. The second kappa shape index (κ2) is 7.24. The zero-order valence-electron chi connectivity index (χ0n) is 12.8. The van der Waals surface area contributed by atoms with E-state index in [4.69, 9.17) is 4.74 Å². The van der Waals surface area contributed by atoms with Gasteiger partial charge in [0.05, 0.1) is 18.9 Å². The molecule has 0 spiro atoms. The maximum absolute atomic E-state index is 10.3. The summed E-state index contributed by atoms with van der Waals surface area (Å²) in [5, 5.41) is 17.9. The topological polar surface area (TPSA) is 59.3 Å². The molecule has 1 aromatic carbocycles. The number of aliphatic hydroxyl groups is 1. The van der Waals surface area contributed by atoms with Crippen molar-refractivity contribution in [2.24, 2.45) is 7.05 Å². The normalized spacial score (nSPS) is 12.4. The second-order valence-electron chi connectivity index (χ2n) is 5.20. The molecule has 0 bridgehead atoms. The van der Waals surface area contributed by atoms with Gasteiger partial charge in [-0.2, -0.15) is 5.10 Å². The number of aromatic nitrogens is 2. The maximum atomic E-state index is 10.3. The van der Waals surface area contributed by atoms with Gasteiger partial charge < -0.3 is 15.2 Å². The smallest absolute Gasteiger partial charge is 0.124 e. The fraction of sp³-hybridized carbons (Fsp3) is 0.438. The first-order chi connectivity index (χ1) is 10.1. The van der Waals surface area contributed by atoms with Crippen LogP contribution >= 0.6 is 0 Å². The number of nitrogens with zero attached hydrogens (tertiary/aromatic N) is 2. The molecule has 0 amide bonds. The minimum Gasteiger partial charge on any atom is -0.496 e. The first-order valence-corrected chi connectivity index (χ1v) is 7.12. The van der Waals surface area contributed by atoms with Crippen LogP contribution in [0.3, 0.4) is 0 Å². The van der Waals surface area contributed by atoms with Gasteiger partial charge in [-0.3, -0.25) is 4.68 Å². The zero-order chi connectivity index (χ0) is 15.2. The van der Waals surface area contributed by atoms with Crippen LogP contribution in [0, 0.1) is 6.92 Å². The summed E-state index contributed by atoms with van der Waals surface area (Å²) in [6.07, 6.45) is 2.20. The lowest BCUT2D eigenvalue weighted by Gasteiger charge is -2.16. The van der Waals surface area contributed by atoms with Crippen LogP contribution in [0.1, 0.15) is 22.9 Å². The van der Waals surface area contributed by atoms with Crippen molar-refractivity contribution >= 4 is 0 Å². The third-order valence-corrected chi connectivity index (χ3v) is 3.41. The SMILES string of the molecule is COc1ccc(C)cc1C(O)CNCCc1ccn(C)n1. The highest BCUT2D eigenvalue weighted by Crippen LogP contribution is 2.25. The molecule has 5 nitrogen and oxygen atoms in total. The quantitative estimate of drug-likeness (QED) is 0.760. The second-order valence-corrected chi connectivity index (χ2v) is 5.20. The summed E-state index contributed by atoms with van der Waals surface area (Å²) in [7, 11) is 3.53. The van der Waals surface area contributed by atoms with E-state index in [0.29, 0.717) is 6.54 Å². The van der Waals surface area contributed by atoms with Gasteiger partial charge in [0.15, 0.2) is 0 Å². The molecule has 2 N–H and O–H groups in total. The van der Waals surface area contributed by atoms with Crippen molar-refractivity contribution in [1.82, 2.24) is 15.1 Å². The molecule has 5 heteroatoms. The summed E-state index contributed by atoms with van der Waals surface area (Å²) in [5.74, 6) is 0.722. The minimum atomic E-state index is -0.580. The summed E-state index contributed by atoms with van der Waals surface area (Å²) in [4.78, 5) is 0. The number of ether oxygens (including phenoxy) is 1. The molecule has 0 aliphatic heterocycles. The molecular weight excluding hydrogens is 266 g/mol. The molecule has 2 aromatic rings. The van der Waals surface area contributed by atoms with Crippen LogP contribution in [0.15, 0.2) is 30.5 Å². The molecule has 0 saturated carbocycles. The summed E-state index contributed by atoms with van der Waals surface area (Å²) in [6.45, 7) is 3.28. The number of benzene rings is 1. The Kier molecular flexibility index (Phi) is 5.36. The average Bonchev–Trinajstić information content (AvgIpc) is 2.89. The first-order valence-electron chi connectivity index (χ1n) is 7.12. The molecular formula is C16H23N3O2.